The Bertz CT molecular complexity index is 522. The first-order valence-electron chi connectivity index (χ1n) is 6.17. The first-order chi connectivity index (χ1) is 8.70. The molecule has 1 N–H and O–H groups in total. The van der Waals surface area contributed by atoms with Crippen LogP contribution in [0.5, 0.6) is 0 Å². The van der Waals surface area contributed by atoms with Crippen molar-refractivity contribution in [1.29, 1.82) is 0 Å². The highest BCUT2D eigenvalue weighted by atomic mass is 79.9. The van der Waals surface area contributed by atoms with E-state index in [1.54, 1.807) is 11.3 Å². The summed E-state index contributed by atoms with van der Waals surface area (Å²) in [6.45, 7) is 4.30. The van der Waals surface area contributed by atoms with E-state index >= 15 is 0 Å². The zero-order valence-corrected chi connectivity index (χ0v) is 13.1. The maximum Gasteiger partial charge on any atom is 0.187 e. The van der Waals surface area contributed by atoms with Gasteiger partial charge in [0.1, 0.15) is 0 Å². The van der Waals surface area contributed by atoms with E-state index in [-0.39, 0.29) is 0 Å². The van der Waals surface area contributed by atoms with Crippen molar-refractivity contribution in [1.82, 2.24) is 4.98 Å². The fraction of sp³-hybridized carbons (Fsp3) is 0.357. The Morgan fingerprint density at radius 1 is 1.39 bits per heavy atom. The van der Waals surface area contributed by atoms with E-state index < -0.39 is 0 Å². The van der Waals surface area contributed by atoms with E-state index in [1.165, 1.54) is 24.1 Å². The molecule has 0 amide bonds. The summed E-state index contributed by atoms with van der Waals surface area (Å²) in [6.07, 6.45) is 3.50. The molecule has 1 aromatic carbocycles. The topological polar surface area (TPSA) is 24.9 Å². The van der Waals surface area contributed by atoms with Crippen molar-refractivity contribution >= 4 is 38.1 Å². The van der Waals surface area contributed by atoms with Crippen LogP contribution < -0.4 is 5.32 Å². The highest BCUT2D eigenvalue weighted by Gasteiger charge is 2.05. The van der Waals surface area contributed by atoms with Crippen molar-refractivity contribution in [3.05, 3.63) is 39.3 Å². The lowest BCUT2D eigenvalue weighted by molar-refractivity contribution is 0.781. The van der Waals surface area contributed by atoms with Gasteiger partial charge in [-0.05, 0) is 37.5 Å². The van der Waals surface area contributed by atoms with Crippen LogP contribution in [-0.2, 0) is 6.42 Å². The molecule has 1 heterocycles. The second-order valence-corrected chi connectivity index (χ2v) is 6.00. The fourth-order valence-corrected chi connectivity index (χ4v) is 2.82. The van der Waals surface area contributed by atoms with E-state index in [0.717, 1.165) is 21.7 Å². The van der Waals surface area contributed by atoms with Crippen molar-refractivity contribution < 1.29 is 0 Å². The Hall–Kier alpha value is -0.870. The minimum Gasteiger partial charge on any atom is -0.331 e. The van der Waals surface area contributed by atoms with E-state index in [2.05, 4.69) is 57.6 Å². The highest BCUT2D eigenvalue weighted by molar-refractivity contribution is 9.10. The van der Waals surface area contributed by atoms with Crippen molar-refractivity contribution in [2.45, 2.75) is 33.1 Å². The number of unbranched alkanes of at least 4 members (excludes halogenated alkanes) is 1. The zero-order chi connectivity index (χ0) is 13.0. The van der Waals surface area contributed by atoms with Gasteiger partial charge >= 0.3 is 0 Å². The maximum absolute atomic E-state index is 4.61. The van der Waals surface area contributed by atoms with Crippen LogP contribution in [0.3, 0.4) is 0 Å². The van der Waals surface area contributed by atoms with Gasteiger partial charge in [0.05, 0.1) is 5.69 Å². The van der Waals surface area contributed by atoms with Gasteiger partial charge in [-0.25, -0.2) is 4.98 Å². The van der Waals surface area contributed by atoms with E-state index in [0.29, 0.717) is 0 Å². The Morgan fingerprint density at radius 3 is 3.00 bits per heavy atom. The Balaban J connectivity index is 2.09. The largest absolute Gasteiger partial charge is 0.331 e. The molecule has 4 heteroatoms. The Morgan fingerprint density at radius 2 is 2.22 bits per heavy atom. The SMILES string of the molecule is CCCCc1csc(Nc2cccc(Br)c2C)n1. The number of aromatic nitrogens is 1. The molecule has 0 bridgehead atoms. The zero-order valence-electron chi connectivity index (χ0n) is 10.7. The fourth-order valence-electron chi connectivity index (χ4n) is 1.70. The minimum absolute atomic E-state index is 0.974. The molecule has 1 aromatic heterocycles. The smallest absolute Gasteiger partial charge is 0.187 e. The normalized spacial score (nSPS) is 10.6. The number of halogens is 1. The van der Waals surface area contributed by atoms with Gasteiger partial charge in [-0.15, -0.1) is 11.3 Å². The van der Waals surface area contributed by atoms with Gasteiger partial charge < -0.3 is 5.32 Å². The molecular weight excluding hydrogens is 308 g/mol. The molecule has 0 spiro atoms. The molecule has 2 nitrogen and oxygen atoms in total. The second-order valence-electron chi connectivity index (χ2n) is 4.28. The summed E-state index contributed by atoms with van der Waals surface area (Å²) in [7, 11) is 0. The summed E-state index contributed by atoms with van der Waals surface area (Å²) in [5.41, 5.74) is 3.51. The van der Waals surface area contributed by atoms with Crippen LogP contribution in [0.1, 0.15) is 31.0 Å². The maximum atomic E-state index is 4.61. The molecule has 0 radical (unpaired) electrons. The number of nitrogens with one attached hydrogen (secondary N) is 1. The number of nitrogens with zero attached hydrogens (tertiary/aromatic N) is 1. The average molecular weight is 325 g/mol. The van der Waals surface area contributed by atoms with Crippen LogP contribution in [0.25, 0.3) is 0 Å². The van der Waals surface area contributed by atoms with Gasteiger partial charge in [-0.2, -0.15) is 0 Å². The van der Waals surface area contributed by atoms with Crippen molar-refractivity contribution in [2.75, 3.05) is 5.32 Å². The number of aryl methyl sites for hydroxylation is 1. The second kappa shape index (κ2) is 6.34. The number of hydrogen-bond acceptors (Lipinski definition) is 3. The lowest BCUT2D eigenvalue weighted by Gasteiger charge is -2.07. The standard InChI is InChI=1S/C14H17BrN2S/c1-3-4-6-11-9-18-14(16-11)17-13-8-5-7-12(15)10(13)2/h5,7-9H,3-4,6H2,1-2H3,(H,16,17). The van der Waals surface area contributed by atoms with Gasteiger partial charge in [0.2, 0.25) is 0 Å². The van der Waals surface area contributed by atoms with E-state index in [1.807, 2.05) is 6.07 Å². The third kappa shape index (κ3) is 3.33. The molecule has 2 rings (SSSR count). The van der Waals surface area contributed by atoms with Gasteiger partial charge in [0.15, 0.2) is 5.13 Å². The number of thiazole rings is 1. The summed E-state index contributed by atoms with van der Waals surface area (Å²) in [4.78, 5) is 4.61. The first kappa shape index (κ1) is 13.6. The molecule has 18 heavy (non-hydrogen) atoms. The third-order valence-corrected chi connectivity index (χ3v) is 4.51. The van der Waals surface area contributed by atoms with E-state index in [9.17, 15) is 0 Å². The lowest BCUT2D eigenvalue weighted by Crippen LogP contribution is -1.93. The third-order valence-electron chi connectivity index (χ3n) is 2.85. The lowest BCUT2D eigenvalue weighted by atomic mass is 10.2. The number of benzene rings is 1. The Kier molecular flexibility index (Phi) is 4.78. The first-order valence-corrected chi connectivity index (χ1v) is 7.84. The van der Waals surface area contributed by atoms with Crippen LogP contribution >= 0.6 is 27.3 Å². The highest BCUT2D eigenvalue weighted by Crippen LogP contribution is 2.28. The quantitative estimate of drug-likeness (QED) is 0.807. The van der Waals surface area contributed by atoms with Crippen molar-refractivity contribution in [2.24, 2.45) is 0 Å². The summed E-state index contributed by atoms with van der Waals surface area (Å²) in [5, 5.41) is 6.51. The molecule has 2 aromatic rings. The minimum atomic E-state index is 0.974. The summed E-state index contributed by atoms with van der Waals surface area (Å²) in [5.74, 6) is 0. The summed E-state index contributed by atoms with van der Waals surface area (Å²) < 4.78 is 1.12. The summed E-state index contributed by atoms with van der Waals surface area (Å²) in [6, 6.07) is 6.16. The molecule has 0 fully saturated rings. The molecule has 0 aliphatic carbocycles. The average Bonchev–Trinajstić information content (AvgIpc) is 2.80. The molecule has 0 aliphatic heterocycles. The molecule has 0 saturated carbocycles. The molecule has 0 unspecified atom stereocenters. The van der Waals surface area contributed by atoms with Crippen LogP contribution in [0.4, 0.5) is 10.8 Å². The predicted molar refractivity (Wildman–Crippen MR) is 82.9 cm³/mol. The van der Waals surface area contributed by atoms with Gasteiger partial charge in [0.25, 0.3) is 0 Å². The predicted octanol–water partition coefficient (Wildman–Crippen LogP) is 5.30. The summed E-state index contributed by atoms with van der Waals surface area (Å²) >= 11 is 5.21. The molecule has 0 saturated heterocycles. The molecule has 0 atom stereocenters. The van der Waals surface area contributed by atoms with E-state index in [4.69, 9.17) is 0 Å². The molecular formula is C14H17BrN2S. The van der Waals surface area contributed by atoms with Crippen LogP contribution in [0.2, 0.25) is 0 Å². The number of anilines is 2. The van der Waals surface area contributed by atoms with Crippen LogP contribution in [0, 0.1) is 6.92 Å². The molecule has 96 valence electrons. The van der Waals surface area contributed by atoms with Gasteiger partial charge in [0, 0.05) is 15.5 Å². The van der Waals surface area contributed by atoms with Crippen molar-refractivity contribution in [3.8, 4) is 0 Å². The number of hydrogen-bond donors (Lipinski definition) is 1. The molecule has 0 aliphatic rings. The Labute approximate surface area is 121 Å². The van der Waals surface area contributed by atoms with Gasteiger partial charge in [-0.1, -0.05) is 35.3 Å². The van der Waals surface area contributed by atoms with Crippen LogP contribution in [0.15, 0.2) is 28.1 Å². The van der Waals surface area contributed by atoms with Gasteiger partial charge in [-0.3, -0.25) is 0 Å². The number of rotatable bonds is 5. The van der Waals surface area contributed by atoms with Crippen molar-refractivity contribution in [3.63, 3.8) is 0 Å². The monoisotopic (exact) mass is 324 g/mol. The van der Waals surface area contributed by atoms with Crippen LogP contribution in [-0.4, -0.2) is 4.98 Å².